The molecule has 160 valence electrons. The fourth-order valence-electron chi connectivity index (χ4n) is 3.34. The van der Waals surface area contributed by atoms with E-state index in [1.54, 1.807) is 0 Å². The average molecular weight is 421 g/mol. The number of alkyl halides is 3. The number of nitrogens with zero attached hydrogens (tertiary/aromatic N) is 2. The number of anilines is 2. The number of carbonyl (C=O) groups excluding carboxylic acids is 2. The summed E-state index contributed by atoms with van der Waals surface area (Å²) in [4.78, 5) is 27.4. The van der Waals surface area contributed by atoms with Crippen LogP contribution in [-0.4, -0.2) is 56.2 Å². The van der Waals surface area contributed by atoms with Gasteiger partial charge < -0.3 is 15.0 Å². The smallest absolute Gasteiger partial charge is 0.465 e. The van der Waals surface area contributed by atoms with E-state index in [-0.39, 0.29) is 11.3 Å². The zero-order valence-electron chi connectivity index (χ0n) is 16.4. The molecule has 30 heavy (non-hydrogen) atoms. The number of benzene rings is 2. The van der Waals surface area contributed by atoms with E-state index in [2.05, 4.69) is 9.64 Å². The maximum absolute atomic E-state index is 12.8. The molecule has 2 aromatic rings. The minimum atomic E-state index is -5.03. The Balaban J connectivity index is 1.76. The summed E-state index contributed by atoms with van der Waals surface area (Å²) in [5.41, 5.74) is 1.60. The van der Waals surface area contributed by atoms with E-state index in [0.29, 0.717) is 31.9 Å². The number of methoxy groups -OCH3 is 1. The lowest BCUT2D eigenvalue weighted by atomic mass is 10.1. The van der Waals surface area contributed by atoms with Crippen molar-refractivity contribution in [2.24, 2.45) is 0 Å². The first-order valence-electron chi connectivity index (χ1n) is 9.39. The molecule has 1 N–H and O–H groups in total. The number of ether oxygens (including phenoxy) is 1. The van der Waals surface area contributed by atoms with Crippen LogP contribution in [0.25, 0.3) is 0 Å². The number of hydrogen-bond acceptors (Lipinski definition) is 5. The molecule has 1 amide bonds. The number of halogens is 3. The van der Waals surface area contributed by atoms with Crippen molar-refractivity contribution in [3.05, 3.63) is 59.7 Å². The van der Waals surface area contributed by atoms with Crippen molar-refractivity contribution >= 4 is 23.3 Å². The second kappa shape index (κ2) is 9.17. The maximum Gasteiger partial charge on any atom is 0.471 e. The minimum Gasteiger partial charge on any atom is -0.465 e. The molecule has 3 rings (SSSR count). The van der Waals surface area contributed by atoms with Crippen molar-refractivity contribution < 1.29 is 27.5 Å². The third kappa shape index (κ3) is 5.29. The topological polar surface area (TPSA) is 61.9 Å². The number of esters is 1. The first kappa shape index (κ1) is 21.6. The van der Waals surface area contributed by atoms with Gasteiger partial charge >= 0.3 is 18.1 Å². The first-order valence-corrected chi connectivity index (χ1v) is 9.39. The monoisotopic (exact) mass is 421 g/mol. The Hall–Kier alpha value is -3.07. The van der Waals surface area contributed by atoms with Crippen molar-refractivity contribution in [1.82, 2.24) is 4.90 Å². The average Bonchev–Trinajstić information content (AvgIpc) is 2.74. The van der Waals surface area contributed by atoms with Gasteiger partial charge in [0.15, 0.2) is 0 Å². The van der Waals surface area contributed by atoms with Crippen LogP contribution >= 0.6 is 0 Å². The predicted molar refractivity (Wildman–Crippen MR) is 106 cm³/mol. The largest absolute Gasteiger partial charge is 0.471 e. The minimum absolute atomic E-state index is 0.0569. The van der Waals surface area contributed by atoms with Crippen molar-refractivity contribution in [2.75, 3.05) is 43.5 Å². The highest BCUT2D eigenvalue weighted by molar-refractivity contribution is 6.00. The highest BCUT2D eigenvalue weighted by Gasteiger charge is 2.39. The summed E-state index contributed by atoms with van der Waals surface area (Å²) in [5, 5.41) is 1.89. The number of rotatable bonds is 5. The molecular formula is C21H22F3N3O3. The standard InChI is InChI=1S/C21H22F3N3O3/c1-30-19(28)16-7-8-18(17(13-16)25-20(29)21(22,23)24)27-11-9-26(10-12-27)14-15-5-3-2-4-6-15/h2-8,13H,9-12,14H2,1H3,(H,25,29). The molecule has 0 aromatic heterocycles. The molecule has 1 fully saturated rings. The molecule has 0 atom stereocenters. The molecule has 0 spiro atoms. The Kier molecular flexibility index (Phi) is 6.61. The van der Waals surface area contributed by atoms with E-state index in [0.717, 1.165) is 6.54 Å². The van der Waals surface area contributed by atoms with Crippen molar-refractivity contribution in [3.8, 4) is 0 Å². The van der Waals surface area contributed by atoms with Crippen LogP contribution in [0.4, 0.5) is 24.5 Å². The zero-order chi connectivity index (χ0) is 21.7. The van der Waals surface area contributed by atoms with Gasteiger partial charge in [-0.25, -0.2) is 4.79 Å². The lowest BCUT2D eigenvalue weighted by Gasteiger charge is -2.37. The van der Waals surface area contributed by atoms with E-state index >= 15 is 0 Å². The van der Waals surface area contributed by atoms with Gasteiger partial charge in [0.2, 0.25) is 0 Å². The van der Waals surface area contributed by atoms with Gasteiger partial charge in [0.1, 0.15) is 0 Å². The zero-order valence-corrected chi connectivity index (χ0v) is 16.4. The van der Waals surface area contributed by atoms with Crippen LogP contribution in [-0.2, 0) is 16.1 Å². The van der Waals surface area contributed by atoms with Crippen molar-refractivity contribution in [2.45, 2.75) is 12.7 Å². The second-order valence-electron chi connectivity index (χ2n) is 6.92. The van der Waals surface area contributed by atoms with Crippen molar-refractivity contribution in [1.29, 1.82) is 0 Å². The number of piperazine rings is 1. The van der Waals surface area contributed by atoms with Crippen LogP contribution in [0, 0.1) is 0 Å². The summed E-state index contributed by atoms with van der Waals surface area (Å²) in [6, 6.07) is 14.2. The van der Waals surface area contributed by atoms with Crippen LogP contribution in [0.15, 0.2) is 48.5 Å². The van der Waals surface area contributed by atoms with Gasteiger partial charge in [0.05, 0.1) is 24.0 Å². The second-order valence-corrected chi connectivity index (χ2v) is 6.92. The summed E-state index contributed by atoms with van der Waals surface area (Å²) in [7, 11) is 1.18. The highest BCUT2D eigenvalue weighted by atomic mass is 19.4. The third-order valence-electron chi connectivity index (χ3n) is 4.89. The number of hydrogen-bond donors (Lipinski definition) is 1. The van der Waals surface area contributed by atoms with Gasteiger partial charge in [-0.15, -0.1) is 0 Å². The number of nitrogens with one attached hydrogen (secondary N) is 1. The lowest BCUT2D eigenvalue weighted by Crippen LogP contribution is -2.46. The Labute approximate surface area is 172 Å². The molecule has 6 nitrogen and oxygen atoms in total. The molecule has 1 aliphatic heterocycles. The van der Waals surface area contributed by atoms with Gasteiger partial charge in [0, 0.05) is 32.7 Å². The molecule has 0 saturated carbocycles. The van der Waals surface area contributed by atoms with Crippen molar-refractivity contribution in [3.63, 3.8) is 0 Å². The van der Waals surface area contributed by atoms with E-state index < -0.39 is 18.1 Å². The van der Waals surface area contributed by atoms with Crippen LogP contribution in [0.5, 0.6) is 0 Å². The highest BCUT2D eigenvalue weighted by Crippen LogP contribution is 2.30. The number of amides is 1. The molecule has 2 aromatic carbocycles. The summed E-state index contributed by atoms with van der Waals surface area (Å²) in [6.45, 7) is 3.34. The van der Waals surface area contributed by atoms with Crippen LogP contribution < -0.4 is 10.2 Å². The molecule has 0 unspecified atom stereocenters. The molecule has 1 aliphatic rings. The molecule has 0 radical (unpaired) electrons. The Morgan fingerprint density at radius 2 is 1.70 bits per heavy atom. The fraction of sp³-hybridized carbons (Fsp3) is 0.333. The predicted octanol–water partition coefficient (Wildman–Crippen LogP) is 3.30. The molecule has 9 heteroatoms. The molecule has 0 aliphatic carbocycles. The van der Waals surface area contributed by atoms with E-state index in [1.807, 2.05) is 40.5 Å². The van der Waals surface area contributed by atoms with Crippen LogP contribution in [0.2, 0.25) is 0 Å². The van der Waals surface area contributed by atoms with Gasteiger partial charge in [0.25, 0.3) is 0 Å². The van der Waals surface area contributed by atoms with Gasteiger partial charge in [-0.1, -0.05) is 30.3 Å². The lowest BCUT2D eigenvalue weighted by molar-refractivity contribution is -0.167. The summed E-state index contributed by atoms with van der Waals surface area (Å²) in [6.07, 6.45) is -5.03. The summed E-state index contributed by atoms with van der Waals surface area (Å²) in [5.74, 6) is -2.79. The van der Waals surface area contributed by atoms with Gasteiger partial charge in [-0.2, -0.15) is 13.2 Å². The number of carbonyl (C=O) groups is 2. The molecule has 1 saturated heterocycles. The summed E-state index contributed by atoms with van der Waals surface area (Å²) < 4.78 is 42.9. The first-order chi connectivity index (χ1) is 14.3. The summed E-state index contributed by atoms with van der Waals surface area (Å²) >= 11 is 0. The third-order valence-corrected chi connectivity index (χ3v) is 4.89. The van der Waals surface area contributed by atoms with Crippen LogP contribution in [0.1, 0.15) is 15.9 Å². The van der Waals surface area contributed by atoms with E-state index in [4.69, 9.17) is 0 Å². The van der Waals surface area contributed by atoms with Gasteiger partial charge in [-0.3, -0.25) is 9.69 Å². The normalized spacial score (nSPS) is 15.0. The van der Waals surface area contributed by atoms with E-state index in [9.17, 15) is 22.8 Å². The Morgan fingerprint density at radius 1 is 1.03 bits per heavy atom. The molecule has 1 heterocycles. The Bertz CT molecular complexity index is 895. The quantitative estimate of drug-likeness (QED) is 0.751. The van der Waals surface area contributed by atoms with Gasteiger partial charge in [-0.05, 0) is 23.8 Å². The van der Waals surface area contributed by atoms with E-state index in [1.165, 1.54) is 30.9 Å². The molecule has 0 bridgehead atoms. The Morgan fingerprint density at radius 3 is 2.30 bits per heavy atom. The SMILES string of the molecule is COC(=O)c1ccc(N2CCN(Cc3ccccc3)CC2)c(NC(=O)C(F)(F)F)c1. The van der Waals surface area contributed by atoms with Crippen LogP contribution in [0.3, 0.4) is 0 Å². The molecular weight excluding hydrogens is 399 g/mol. The fourth-order valence-corrected chi connectivity index (χ4v) is 3.34. The maximum atomic E-state index is 12.8.